The van der Waals surface area contributed by atoms with Crippen molar-refractivity contribution in [3.8, 4) is 5.75 Å². The van der Waals surface area contributed by atoms with Gasteiger partial charge < -0.3 is 19.0 Å². The fourth-order valence-corrected chi connectivity index (χ4v) is 4.93. The average Bonchev–Trinajstić information content (AvgIpc) is 3.46. The third-order valence-corrected chi connectivity index (χ3v) is 6.97. The summed E-state index contributed by atoms with van der Waals surface area (Å²) in [6, 6.07) is 16.3. The Morgan fingerprint density at radius 3 is 2.66 bits per heavy atom. The number of hydrogen-bond acceptors (Lipinski definition) is 4. The predicted octanol–water partition coefficient (Wildman–Crippen LogP) is 5.69. The number of furan rings is 1. The number of aryl methyl sites for hydroxylation is 2. The normalized spacial score (nSPS) is 14.7. The molecule has 0 aliphatic carbocycles. The number of carbonyl (C=O) groups excluding carboxylic acids is 1. The quantitative estimate of drug-likeness (QED) is 0.376. The van der Waals surface area contributed by atoms with Crippen LogP contribution in [0.4, 0.5) is 0 Å². The molecule has 1 saturated heterocycles. The number of hydrogen-bond donors (Lipinski definition) is 1. The van der Waals surface area contributed by atoms with E-state index >= 15 is 0 Å². The minimum absolute atomic E-state index is 0.103. The van der Waals surface area contributed by atoms with Crippen LogP contribution in [0.5, 0.6) is 5.75 Å². The maximum absolute atomic E-state index is 13.2. The Balaban J connectivity index is 1.15. The number of H-pyrrole nitrogens is 1. The number of ether oxygens (including phenoxy) is 1. The number of carbonyl (C=O) groups is 1. The van der Waals surface area contributed by atoms with Crippen LogP contribution in [0.15, 0.2) is 65.5 Å². The van der Waals surface area contributed by atoms with Crippen LogP contribution >= 0.6 is 0 Å². The van der Waals surface area contributed by atoms with Gasteiger partial charge in [-0.25, -0.2) is 0 Å². The van der Waals surface area contributed by atoms with E-state index in [1.165, 1.54) is 16.7 Å². The molecule has 0 spiro atoms. The smallest absolute Gasteiger partial charge is 0.253 e. The van der Waals surface area contributed by atoms with Gasteiger partial charge in [0.05, 0.1) is 12.5 Å². The molecule has 1 fully saturated rings. The number of aromatic amines is 1. The molecule has 0 unspecified atom stereocenters. The molecule has 4 aromatic rings. The zero-order valence-electron chi connectivity index (χ0n) is 20.7. The SMILES string of the molecule is Cc1[nH]c2ccc(C(=O)N3CCC(Oc4cccc(CN(C)Cc5ccoc5)c4)CC3)cc2c1C. The lowest BCUT2D eigenvalue weighted by Crippen LogP contribution is -2.41. The van der Waals surface area contributed by atoms with Crippen LogP contribution in [0.3, 0.4) is 0 Å². The molecule has 35 heavy (non-hydrogen) atoms. The molecule has 1 amide bonds. The molecule has 2 aromatic heterocycles. The molecule has 0 bridgehead atoms. The second-order valence-corrected chi connectivity index (χ2v) is 9.70. The molecular formula is C29H33N3O3. The summed E-state index contributed by atoms with van der Waals surface area (Å²) < 4.78 is 11.5. The highest BCUT2D eigenvalue weighted by atomic mass is 16.5. The van der Waals surface area contributed by atoms with Crippen molar-refractivity contribution in [1.82, 2.24) is 14.8 Å². The first kappa shape index (κ1) is 23.2. The van der Waals surface area contributed by atoms with Crippen molar-refractivity contribution in [2.45, 2.75) is 45.9 Å². The van der Waals surface area contributed by atoms with Crippen molar-refractivity contribution in [2.75, 3.05) is 20.1 Å². The minimum Gasteiger partial charge on any atom is -0.490 e. The number of nitrogens with one attached hydrogen (secondary N) is 1. The molecule has 182 valence electrons. The highest BCUT2D eigenvalue weighted by Gasteiger charge is 2.25. The maximum Gasteiger partial charge on any atom is 0.253 e. The fraction of sp³-hybridized carbons (Fsp3) is 0.345. The zero-order valence-corrected chi connectivity index (χ0v) is 20.7. The summed E-state index contributed by atoms with van der Waals surface area (Å²) in [5.74, 6) is 0.999. The van der Waals surface area contributed by atoms with E-state index in [0.29, 0.717) is 13.1 Å². The third kappa shape index (κ3) is 5.28. The molecule has 1 aliphatic heterocycles. The number of amides is 1. The first-order valence-corrected chi connectivity index (χ1v) is 12.3. The molecule has 2 aromatic carbocycles. The first-order chi connectivity index (χ1) is 17.0. The predicted molar refractivity (Wildman–Crippen MR) is 138 cm³/mol. The summed E-state index contributed by atoms with van der Waals surface area (Å²) >= 11 is 0. The summed E-state index contributed by atoms with van der Waals surface area (Å²) in [7, 11) is 2.10. The van der Waals surface area contributed by atoms with E-state index in [4.69, 9.17) is 9.15 Å². The minimum atomic E-state index is 0.103. The van der Waals surface area contributed by atoms with E-state index in [-0.39, 0.29) is 12.0 Å². The van der Waals surface area contributed by atoms with Gasteiger partial charge >= 0.3 is 0 Å². The average molecular weight is 472 g/mol. The molecule has 3 heterocycles. The first-order valence-electron chi connectivity index (χ1n) is 12.3. The molecule has 1 aliphatic rings. The van der Waals surface area contributed by atoms with E-state index in [9.17, 15) is 4.79 Å². The Morgan fingerprint density at radius 2 is 1.89 bits per heavy atom. The van der Waals surface area contributed by atoms with E-state index < -0.39 is 0 Å². The van der Waals surface area contributed by atoms with Crippen molar-refractivity contribution < 1.29 is 13.9 Å². The van der Waals surface area contributed by atoms with Crippen molar-refractivity contribution in [3.05, 3.63) is 89.0 Å². The van der Waals surface area contributed by atoms with Gasteiger partial charge in [0.15, 0.2) is 0 Å². The van der Waals surface area contributed by atoms with Gasteiger partial charge in [0.25, 0.3) is 5.91 Å². The molecule has 1 N–H and O–H groups in total. The van der Waals surface area contributed by atoms with E-state index in [1.807, 2.05) is 35.2 Å². The lowest BCUT2D eigenvalue weighted by molar-refractivity contribution is 0.0595. The molecule has 6 nitrogen and oxygen atoms in total. The van der Waals surface area contributed by atoms with Gasteiger partial charge in [-0.3, -0.25) is 9.69 Å². The Hall–Kier alpha value is -3.51. The van der Waals surface area contributed by atoms with Gasteiger partial charge in [-0.05, 0) is 68.4 Å². The van der Waals surface area contributed by atoms with Gasteiger partial charge in [-0.15, -0.1) is 0 Å². The van der Waals surface area contributed by atoms with Gasteiger partial charge in [0, 0.05) is 66.7 Å². The highest BCUT2D eigenvalue weighted by Crippen LogP contribution is 2.25. The van der Waals surface area contributed by atoms with E-state index in [1.54, 1.807) is 12.5 Å². The van der Waals surface area contributed by atoms with Crippen LogP contribution in [0.1, 0.15) is 45.6 Å². The summed E-state index contributed by atoms with van der Waals surface area (Å²) in [4.78, 5) is 20.7. The maximum atomic E-state index is 13.2. The monoisotopic (exact) mass is 471 g/mol. The summed E-state index contributed by atoms with van der Waals surface area (Å²) in [5, 5.41) is 1.13. The lowest BCUT2D eigenvalue weighted by atomic mass is 10.0. The van der Waals surface area contributed by atoms with Crippen LogP contribution in [0, 0.1) is 13.8 Å². The second-order valence-electron chi connectivity index (χ2n) is 9.70. The van der Waals surface area contributed by atoms with Gasteiger partial charge in [0.2, 0.25) is 0 Å². The summed E-state index contributed by atoms with van der Waals surface area (Å²) in [6.45, 7) is 7.25. The number of piperidine rings is 1. The number of nitrogens with zero attached hydrogens (tertiary/aromatic N) is 2. The van der Waals surface area contributed by atoms with E-state index in [2.05, 4.69) is 49.0 Å². The highest BCUT2D eigenvalue weighted by molar-refractivity contribution is 5.99. The van der Waals surface area contributed by atoms with Gasteiger partial charge in [-0.1, -0.05) is 12.1 Å². The molecular weight excluding hydrogens is 438 g/mol. The van der Waals surface area contributed by atoms with Crippen molar-refractivity contribution in [3.63, 3.8) is 0 Å². The number of rotatable bonds is 7. The Bertz CT molecular complexity index is 1300. The van der Waals surface area contributed by atoms with Crippen molar-refractivity contribution in [2.24, 2.45) is 0 Å². The Morgan fingerprint density at radius 1 is 1.09 bits per heavy atom. The van der Waals surface area contributed by atoms with Crippen LogP contribution < -0.4 is 4.74 Å². The van der Waals surface area contributed by atoms with Crippen LogP contribution in [-0.2, 0) is 13.1 Å². The lowest BCUT2D eigenvalue weighted by Gasteiger charge is -2.32. The standard InChI is InChI=1S/C29H33N3O3/c1-20-21(2)30-28-8-7-24(16-27(20)28)29(33)32-12-9-25(10-13-32)35-26-6-4-5-22(15-26)17-31(3)18-23-11-14-34-19-23/h4-8,11,14-16,19,25,30H,9-10,12-13,17-18H2,1-3H3. The molecule has 5 rings (SSSR count). The Labute approximate surface area is 206 Å². The van der Waals surface area contributed by atoms with Crippen molar-refractivity contribution in [1.29, 1.82) is 0 Å². The number of likely N-dealkylation sites (tertiary alicyclic amines) is 1. The largest absolute Gasteiger partial charge is 0.490 e. The van der Waals surface area contributed by atoms with E-state index in [0.717, 1.165) is 53.8 Å². The number of fused-ring (bicyclic) bond motifs is 1. The van der Waals surface area contributed by atoms with Gasteiger partial charge in [-0.2, -0.15) is 0 Å². The van der Waals surface area contributed by atoms with Crippen LogP contribution in [0.25, 0.3) is 10.9 Å². The summed E-state index contributed by atoms with van der Waals surface area (Å²) in [6.07, 6.45) is 5.28. The van der Waals surface area contributed by atoms with Crippen LogP contribution in [0.2, 0.25) is 0 Å². The molecule has 0 atom stereocenters. The second kappa shape index (κ2) is 10.0. The number of benzene rings is 2. The molecule has 6 heteroatoms. The Kier molecular flexibility index (Phi) is 6.64. The summed E-state index contributed by atoms with van der Waals surface area (Å²) in [5.41, 5.74) is 6.57. The number of aromatic nitrogens is 1. The van der Waals surface area contributed by atoms with Crippen LogP contribution in [-0.4, -0.2) is 46.9 Å². The molecule has 0 saturated carbocycles. The fourth-order valence-electron chi connectivity index (χ4n) is 4.93. The van der Waals surface area contributed by atoms with Crippen molar-refractivity contribution >= 4 is 16.8 Å². The topological polar surface area (TPSA) is 61.7 Å². The third-order valence-electron chi connectivity index (χ3n) is 6.97. The van der Waals surface area contributed by atoms with Gasteiger partial charge in [0.1, 0.15) is 11.9 Å². The zero-order chi connectivity index (χ0) is 24.4. The molecule has 0 radical (unpaired) electrons.